The first-order valence-electron chi connectivity index (χ1n) is 17.0. The number of phenols is 2. The number of imide groups is 2. The Morgan fingerprint density at radius 1 is 0.843 bits per heavy atom. The summed E-state index contributed by atoms with van der Waals surface area (Å²) in [5.41, 5.74) is 1.92. The molecule has 10 heteroatoms. The second kappa shape index (κ2) is 12.4. The molecule has 6 atom stereocenters. The SMILES string of the molecule is COc1cc(C2C3=CCC4C(=O)N(CCc5ccc(O)cc5)C(=O)C4C3CC3C(=O)N(c4cccc(Cl)c4)C(=O)C32c2ccccc2)ccc1O. The van der Waals surface area contributed by atoms with Gasteiger partial charge in [-0.1, -0.05) is 77.8 Å². The molecule has 2 aliphatic carbocycles. The van der Waals surface area contributed by atoms with Gasteiger partial charge in [0, 0.05) is 17.5 Å². The zero-order valence-corrected chi connectivity index (χ0v) is 28.5. The van der Waals surface area contributed by atoms with E-state index >= 15 is 4.79 Å². The summed E-state index contributed by atoms with van der Waals surface area (Å²) in [4.78, 5) is 61.0. The summed E-state index contributed by atoms with van der Waals surface area (Å²) in [6.45, 7) is 0.188. The van der Waals surface area contributed by atoms with Gasteiger partial charge in [-0.05, 0) is 84.3 Å². The molecule has 0 bridgehead atoms. The smallest absolute Gasteiger partial charge is 0.246 e. The second-order valence-corrected chi connectivity index (χ2v) is 14.2. The number of hydrogen-bond acceptors (Lipinski definition) is 7. The molecule has 4 aromatic carbocycles. The number of rotatable bonds is 7. The lowest BCUT2D eigenvalue weighted by Gasteiger charge is -2.50. The molecule has 0 aromatic heterocycles. The number of carbonyl (C=O) groups is 4. The first kappa shape index (κ1) is 32.8. The highest BCUT2D eigenvalue weighted by Gasteiger charge is 2.70. The van der Waals surface area contributed by atoms with Crippen molar-refractivity contribution >= 4 is 40.9 Å². The number of benzene rings is 4. The van der Waals surface area contributed by atoms with Gasteiger partial charge in [-0.2, -0.15) is 0 Å². The van der Waals surface area contributed by atoms with E-state index in [-0.39, 0.29) is 42.0 Å². The van der Waals surface area contributed by atoms with Crippen LogP contribution >= 0.6 is 11.6 Å². The molecule has 4 aliphatic rings. The van der Waals surface area contributed by atoms with Crippen molar-refractivity contribution in [1.29, 1.82) is 0 Å². The maximum atomic E-state index is 15.3. The Morgan fingerprint density at radius 2 is 1.61 bits per heavy atom. The summed E-state index contributed by atoms with van der Waals surface area (Å²) >= 11 is 6.39. The molecule has 0 spiro atoms. The molecule has 4 aromatic rings. The Hall–Kier alpha value is -5.41. The highest BCUT2D eigenvalue weighted by Crippen LogP contribution is 2.64. The van der Waals surface area contributed by atoms with Crippen molar-refractivity contribution < 1.29 is 34.1 Å². The van der Waals surface area contributed by atoms with Gasteiger partial charge < -0.3 is 14.9 Å². The largest absolute Gasteiger partial charge is 0.508 e. The van der Waals surface area contributed by atoms with E-state index in [1.165, 1.54) is 23.0 Å². The molecule has 2 saturated heterocycles. The van der Waals surface area contributed by atoms with E-state index in [9.17, 15) is 24.6 Å². The predicted molar refractivity (Wildman–Crippen MR) is 189 cm³/mol. The number of amides is 4. The van der Waals surface area contributed by atoms with Crippen LogP contribution in [-0.2, 0) is 31.0 Å². The molecule has 4 amide bonds. The minimum Gasteiger partial charge on any atom is -0.508 e. The normalized spacial score (nSPS) is 26.9. The first-order valence-corrected chi connectivity index (χ1v) is 17.4. The molecule has 2 heterocycles. The van der Waals surface area contributed by atoms with Gasteiger partial charge in [0.05, 0.1) is 36.0 Å². The Kier molecular flexibility index (Phi) is 7.98. The van der Waals surface area contributed by atoms with Gasteiger partial charge in [-0.3, -0.25) is 24.1 Å². The van der Waals surface area contributed by atoms with E-state index < -0.39 is 46.8 Å². The highest BCUT2D eigenvalue weighted by molar-refractivity contribution is 6.32. The van der Waals surface area contributed by atoms with E-state index in [1.807, 2.05) is 36.4 Å². The Morgan fingerprint density at radius 3 is 2.33 bits per heavy atom. The van der Waals surface area contributed by atoms with Crippen molar-refractivity contribution in [2.45, 2.75) is 30.6 Å². The van der Waals surface area contributed by atoms with Gasteiger partial charge in [0.1, 0.15) is 5.75 Å². The number of hydrogen-bond donors (Lipinski definition) is 2. The molecular weight excluding hydrogens is 668 g/mol. The lowest BCUT2D eigenvalue weighted by Crippen LogP contribution is -2.53. The summed E-state index contributed by atoms with van der Waals surface area (Å²) in [5, 5.41) is 20.7. The van der Waals surface area contributed by atoms with Crippen molar-refractivity contribution in [3.8, 4) is 17.2 Å². The van der Waals surface area contributed by atoms with Gasteiger partial charge in [0.25, 0.3) is 0 Å². The quantitative estimate of drug-likeness (QED) is 0.175. The average Bonchev–Trinajstić information content (AvgIpc) is 3.52. The van der Waals surface area contributed by atoms with Crippen molar-refractivity contribution in [1.82, 2.24) is 4.90 Å². The average molecular weight is 703 g/mol. The van der Waals surface area contributed by atoms with Crippen LogP contribution in [0.3, 0.4) is 0 Å². The van der Waals surface area contributed by atoms with Gasteiger partial charge >= 0.3 is 0 Å². The molecule has 6 unspecified atom stereocenters. The van der Waals surface area contributed by atoms with Crippen LogP contribution in [0.2, 0.25) is 5.02 Å². The second-order valence-electron chi connectivity index (χ2n) is 13.8. The van der Waals surface area contributed by atoms with Crippen molar-refractivity contribution in [3.63, 3.8) is 0 Å². The summed E-state index contributed by atoms with van der Waals surface area (Å²) in [5.74, 6) is -4.52. The van der Waals surface area contributed by atoms with Crippen molar-refractivity contribution in [2.75, 3.05) is 18.6 Å². The van der Waals surface area contributed by atoms with Crippen LogP contribution in [0.15, 0.2) is 109 Å². The maximum Gasteiger partial charge on any atom is 0.246 e. The number of anilines is 1. The van der Waals surface area contributed by atoms with Crippen LogP contribution in [0.25, 0.3) is 0 Å². The minimum atomic E-state index is -1.43. The highest BCUT2D eigenvalue weighted by atomic mass is 35.5. The van der Waals surface area contributed by atoms with Crippen molar-refractivity contribution in [2.24, 2.45) is 23.7 Å². The van der Waals surface area contributed by atoms with E-state index in [1.54, 1.807) is 60.7 Å². The zero-order chi connectivity index (χ0) is 35.6. The fraction of sp³-hybridized carbons (Fsp3) is 0.268. The monoisotopic (exact) mass is 702 g/mol. The predicted octanol–water partition coefficient (Wildman–Crippen LogP) is 6.16. The molecule has 8 rings (SSSR count). The number of halogens is 1. The minimum absolute atomic E-state index is 0.0770. The lowest BCUT2D eigenvalue weighted by molar-refractivity contribution is -0.140. The molecule has 0 radical (unpaired) electrons. The van der Waals surface area contributed by atoms with Crippen molar-refractivity contribution in [3.05, 3.63) is 130 Å². The summed E-state index contributed by atoms with van der Waals surface area (Å²) < 4.78 is 5.53. The molecule has 1 saturated carbocycles. The Balaban J connectivity index is 1.28. The first-order chi connectivity index (χ1) is 24.6. The van der Waals surface area contributed by atoms with Crippen LogP contribution in [0, 0.1) is 23.7 Å². The van der Waals surface area contributed by atoms with Gasteiger partial charge in [0.2, 0.25) is 23.6 Å². The molecular formula is C41H35ClN2O7. The standard InChI is InChI=1S/C41H35ClN2O7/c1-51-34-20-24(12-17-33(34)46)36-29-15-16-30-35(39(49)43(37(30)47)19-18-23-10-13-28(45)14-11-23)31(29)22-32-38(48)44(27-9-5-8-26(42)21-27)40(50)41(32,36)25-6-3-2-4-7-25/h2-15,17,20-21,30-32,35-36,45-46H,16,18-19,22H2,1H3. The van der Waals surface area contributed by atoms with Crippen LogP contribution in [0.5, 0.6) is 17.2 Å². The molecule has 3 fully saturated rings. The molecule has 51 heavy (non-hydrogen) atoms. The number of carbonyl (C=O) groups excluding carboxylic acids is 4. The number of nitrogens with zero attached hydrogens (tertiary/aromatic N) is 2. The van der Waals surface area contributed by atoms with E-state index in [4.69, 9.17) is 16.3 Å². The van der Waals surface area contributed by atoms with E-state index in [0.29, 0.717) is 34.7 Å². The van der Waals surface area contributed by atoms with Crippen LogP contribution in [-0.4, -0.2) is 52.4 Å². The molecule has 258 valence electrons. The number of fused-ring (bicyclic) bond motifs is 4. The number of aromatic hydroxyl groups is 2. The van der Waals surface area contributed by atoms with Gasteiger partial charge in [-0.15, -0.1) is 0 Å². The third-order valence-corrected chi connectivity index (χ3v) is 11.6. The number of phenolic OH excluding ortho intramolecular Hbond substituents is 2. The zero-order valence-electron chi connectivity index (χ0n) is 27.7. The van der Waals surface area contributed by atoms with Crippen LogP contribution in [0.4, 0.5) is 5.69 Å². The fourth-order valence-electron chi connectivity index (χ4n) is 9.18. The Labute approximate surface area is 299 Å². The number of allylic oxidation sites excluding steroid dienone is 2. The number of methoxy groups -OCH3 is 1. The fourth-order valence-corrected chi connectivity index (χ4v) is 9.37. The van der Waals surface area contributed by atoms with Gasteiger partial charge in [0.15, 0.2) is 11.5 Å². The summed E-state index contributed by atoms with van der Waals surface area (Å²) in [6, 6.07) is 27.6. The van der Waals surface area contributed by atoms with Gasteiger partial charge in [-0.25, -0.2) is 4.90 Å². The Bertz CT molecular complexity index is 2120. The topological polar surface area (TPSA) is 124 Å². The molecule has 2 N–H and O–H groups in total. The maximum absolute atomic E-state index is 15.3. The van der Waals surface area contributed by atoms with E-state index in [0.717, 1.165) is 11.1 Å². The lowest BCUT2D eigenvalue weighted by atomic mass is 9.49. The molecule has 2 aliphatic heterocycles. The third-order valence-electron chi connectivity index (χ3n) is 11.4. The summed E-state index contributed by atoms with van der Waals surface area (Å²) in [6.07, 6.45) is 2.92. The number of ether oxygens (including phenoxy) is 1. The van der Waals surface area contributed by atoms with E-state index in [2.05, 4.69) is 0 Å². The summed E-state index contributed by atoms with van der Waals surface area (Å²) in [7, 11) is 1.45. The third kappa shape index (κ3) is 4.97. The van der Waals surface area contributed by atoms with Crippen LogP contribution < -0.4 is 9.64 Å². The number of likely N-dealkylation sites (tertiary alicyclic amines) is 1. The van der Waals surface area contributed by atoms with Crippen LogP contribution in [0.1, 0.15) is 35.4 Å². The molecule has 9 nitrogen and oxygen atoms in total.